The Hall–Kier alpha value is -3.88. The molecule has 0 saturated heterocycles. The molecule has 2 aromatic carbocycles. The Labute approximate surface area is 205 Å². The number of hydrogen-bond acceptors (Lipinski definition) is 4. The minimum atomic E-state index is -1.02. The molecule has 0 aromatic heterocycles. The third-order valence-corrected chi connectivity index (χ3v) is 6.05. The number of aliphatic carboxylic acids is 1. The molecular weight excluding hydrogens is 446 g/mol. The monoisotopic (exact) mass is 479 g/mol. The first-order valence-electron chi connectivity index (χ1n) is 11.8. The fourth-order valence-electron chi connectivity index (χ4n) is 4.22. The first-order valence-corrected chi connectivity index (χ1v) is 11.8. The summed E-state index contributed by atoms with van der Waals surface area (Å²) >= 11 is 0. The molecule has 2 amide bonds. The summed E-state index contributed by atoms with van der Waals surface area (Å²) in [6.45, 7) is 2.39. The van der Waals surface area contributed by atoms with Crippen LogP contribution in [0.15, 0.2) is 53.5 Å². The van der Waals surface area contributed by atoms with Gasteiger partial charge < -0.3 is 26.4 Å². The molecule has 0 bridgehead atoms. The van der Waals surface area contributed by atoms with Gasteiger partial charge in [-0.25, -0.2) is 0 Å². The van der Waals surface area contributed by atoms with Crippen molar-refractivity contribution in [2.24, 2.45) is 16.5 Å². The number of nitrogens with zero attached hydrogens (tertiary/aromatic N) is 3. The second kappa shape index (κ2) is 12.0. The fraction of sp³-hybridized carbons (Fsp3) is 0.385. The van der Waals surface area contributed by atoms with Crippen LogP contribution in [0.2, 0.25) is 0 Å². The van der Waals surface area contributed by atoms with E-state index in [-0.39, 0.29) is 30.7 Å². The Morgan fingerprint density at radius 1 is 1.06 bits per heavy atom. The van der Waals surface area contributed by atoms with Crippen molar-refractivity contribution in [3.05, 3.63) is 65.2 Å². The number of aryl methyl sites for hydroxylation is 1. The maximum Gasteiger partial charge on any atom is 0.305 e. The summed E-state index contributed by atoms with van der Waals surface area (Å²) in [7, 11) is 0. The van der Waals surface area contributed by atoms with Crippen molar-refractivity contribution in [1.82, 2.24) is 4.90 Å². The molecule has 0 aliphatic carbocycles. The number of anilines is 1. The van der Waals surface area contributed by atoms with Crippen molar-refractivity contribution in [3.63, 3.8) is 0 Å². The number of rotatable bonds is 11. The molecular formula is C26H33N5O4. The summed E-state index contributed by atoms with van der Waals surface area (Å²) < 4.78 is 0. The number of carbonyl (C=O) groups is 3. The van der Waals surface area contributed by atoms with Crippen LogP contribution in [0.4, 0.5) is 5.69 Å². The number of hydrogen-bond donors (Lipinski definition) is 3. The average molecular weight is 480 g/mol. The van der Waals surface area contributed by atoms with Gasteiger partial charge in [-0.2, -0.15) is 0 Å². The normalized spacial score (nSPS) is 14.3. The lowest BCUT2D eigenvalue weighted by atomic mass is 10.0. The summed E-state index contributed by atoms with van der Waals surface area (Å²) in [4.78, 5) is 45.1. The lowest BCUT2D eigenvalue weighted by Gasteiger charge is -2.26. The van der Waals surface area contributed by atoms with E-state index in [1.807, 2.05) is 48.5 Å². The fourth-order valence-corrected chi connectivity index (χ4v) is 4.22. The van der Waals surface area contributed by atoms with Crippen LogP contribution in [0, 0.1) is 0 Å². The third-order valence-electron chi connectivity index (χ3n) is 6.05. The lowest BCUT2D eigenvalue weighted by molar-refractivity contribution is -0.138. The van der Waals surface area contributed by atoms with Gasteiger partial charge in [0, 0.05) is 12.6 Å². The highest BCUT2D eigenvalue weighted by Gasteiger charge is 2.34. The Morgan fingerprint density at radius 3 is 2.49 bits per heavy atom. The number of nitrogens with two attached hydrogens (primary N) is 2. The Balaban J connectivity index is 1.86. The number of fused-ring (bicyclic) bond motifs is 1. The largest absolute Gasteiger partial charge is 0.481 e. The van der Waals surface area contributed by atoms with Crippen molar-refractivity contribution < 1.29 is 19.5 Å². The van der Waals surface area contributed by atoms with E-state index in [4.69, 9.17) is 11.5 Å². The molecule has 0 saturated carbocycles. The van der Waals surface area contributed by atoms with E-state index in [9.17, 15) is 19.5 Å². The number of carboxylic acids is 1. The number of guanidine groups is 1. The number of amides is 2. The van der Waals surface area contributed by atoms with E-state index in [2.05, 4.69) is 4.99 Å². The van der Waals surface area contributed by atoms with Gasteiger partial charge in [-0.3, -0.25) is 19.4 Å². The smallest absolute Gasteiger partial charge is 0.305 e. The van der Waals surface area contributed by atoms with Gasteiger partial charge >= 0.3 is 5.97 Å². The summed E-state index contributed by atoms with van der Waals surface area (Å²) in [6.07, 6.45) is 3.23. The van der Waals surface area contributed by atoms with Crippen LogP contribution in [-0.4, -0.2) is 52.9 Å². The number of aliphatic imine (C=N–C) groups is 1. The molecule has 186 valence electrons. The molecule has 1 aliphatic rings. The minimum Gasteiger partial charge on any atom is -0.481 e. The zero-order valence-electron chi connectivity index (χ0n) is 20.0. The summed E-state index contributed by atoms with van der Waals surface area (Å²) in [5, 5.41) is 9.26. The van der Waals surface area contributed by atoms with Gasteiger partial charge in [0.15, 0.2) is 5.96 Å². The van der Waals surface area contributed by atoms with E-state index in [0.29, 0.717) is 24.3 Å². The van der Waals surface area contributed by atoms with Gasteiger partial charge in [-0.05, 0) is 49.4 Å². The SMILES string of the molecule is CC(CC(=O)O)N1CC(=O)N(Cc2ccccc2)c2ccc(CCCCCN=C(N)N)cc2C1=O. The Bertz CT molecular complexity index is 1080. The minimum absolute atomic E-state index is 0.0885. The van der Waals surface area contributed by atoms with Crippen LogP contribution >= 0.6 is 0 Å². The molecule has 2 aromatic rings. The van der Waals surface area contributed by atoms with Gasteiger partial charge in [0.05, 0.1) is 24.2 Å². The molecule has 3 rings (SSSR count). The highest BCUT2D eigenvalue weighted by Crippen LogP contribution is 2.30. The lowest BCUT2D eigenvalue weighted by Crippen LogP contribution is -2.44. The average Bonchev–Trinajstić information content (AvgIpc) is 2.91. The van der Waals surface area contributed by atoms with Gasteiger partial charge in [0.1, 0.15) is 6.54 Å². The molecule has 5 N–H and O–H groups in total. The highest BCUT2D eigenvalue weighted by molar-refractivity contribution is 6.09. The summed E-state index contributed by atoms with van der Waals surface area (Å²) in [5.41, 5.74) is 13.6. The van der Waals surface area contributed by atoms with Gasteiger partial charge in [0.2, 0.25) is 5.91 Å². The molecule has 0 fully saturated rings. The zero-order chi connectivity index (χ0) is 25.4. The zero-order valence-corrected chi connectivity index (χ0v) is 20.0. The van der Waals surface area contributed by atoms with Gasteiger partial charge in [-0.1, -0.05) is 42.8 Å². The predicted octanol–water partition coefficient (Wildman–Crippen LogP) is 2.52. The molecule has 9 nitrogen and oxygen atoms in total. The van der Waals surface area contributed by atoms with Gasteiger partial charge in [-0.15, -0.1) is 0 Å². The van der Waals surface area contributed by atoms with E-state index in [1.54, 1.807) is 11.8 Å². The molecule has 1 aliphatic heterocycles. The second-order valence-electron chi connectivity index (χ2n) is 8.81. The third kappa shape index (κ3) is 7.05. The molecule has 0 spiro atoms. The topological polar surface area (TPSA) is 142 Å². The summed E-state index contributed by atoms with van der Waals surface area (Å²) in [6, 6.07) is 14.6. The quantitative estimate of drug-likeness (QED) is 0.257. The van der Waals surface area contributed by atoms with Crippen LogP contribution < -0.4 is 16.4 Å². The molecule has 1 unspecified atom stereocenters. The van der Waals surface area contributed by atoms with E-state index < -0.39 is 12.0 Å². The van der Waals surface area contributed by atoms with Crippen molar-refractivity contribution in [2.75, 3.05) is 18.0 Å². The van der Waals surface area contributed by atoms with Crippen molar-refractivity contribution in [2.45, 2.75) is 51.6 Å². The second-order valence-corrected chi connectivity index (χ2v) is 8.81. The van der Waals surface area contributed by atoms with Crippen molar-refractivity contribution in [3.8, 4) is 0 Å². The van der Waals surface area contributed by atoms with Crippen LogP contribution in [0.3, 0.4) is 0 Å². The first kappa shape index (κ1) is 25.7. The van der Waals surface area contributed by atoms with Crippen LogP contribution in [-0.2, 0) is 22.6 Å². The Morgan fingerprint density at radius 2 is 1.80 bits per heavy atom. The number of benzene rings is 2. The van der Waals surface area contributed by atoms with E-state index in [1.165, 1.54) is 4.90 Å². The summed E-state index contributed by atoms with van der Waals surface area (Å²) in [5.74, 6) is -1.50. The van der Waals surface area contributed by atoms with Crippen LogP contribution in [0.25, 0.3) is 0 Å². The standard InChI is InChI=1S/C26H33N5O4/c1-18(14-24(33)34)30-17-23(32)31(16-20-9-4-2-5-10-20)22-12-11-19(15-21(22)25(30)35)8-6-3-7-13-29-26(27)28/h2,4-5,9-12,15,18H,3,6-8,13-14,16-17H2,1H3,(H,33,34)(H4,27,28,29). The van der Waals surface area contributed by atoms with Crippen LogP contribution in [0.5, 0.6) is 0 Å². The molecule has 0 radical (unpaired) electrons. The maximum atomic E-state index is 13.6. The number of carbonyl (C=O) groups excluding carboxylic acids is 2. The molecule has 9 heteroatoms. The van der Waals surface area contributed by atoms with Crippen molar-refractivity contribution in [1.29, 1.82) is 0 Å². The number of carboxylic acid groups (broad SMARTS) is 1. The predicted molar refractivity (Wildman–Crippen MR) is 135 cm³/mol. The van der Waals surface area contributed by atoms with E-state index >= 15 is 0 Å². The first-order chi connectivity index (χ1) is 16.8. The molecule has 1 heterocycles. The van der Waals surface area contributed by atoms with Gasteiger partial charge in [0.25, 0.3) is 5.91 Å². The maximum absolute atomic E-state index is 13.6. The van der Waals surface area contributed by atoms with E-state index in [0.717, 1.165) is 36.8 Å². The Kier molecular flexibility index (Phi) is 8.83. The van der Waals surface area contributed by atoms with Crippen molar-refractivity contribution >= 4 is 29.4 Å². The highest BCUT2D eigenvalue weighted by atomic mass is 16.4. The van der Waals surface area contributed by atoms with Crippen LogP contribution in [0.1, 0.15) is 54.1 Å². The molecule has 35 heavy (non-hydrogen) atoms. The number of unbranched alkanes of at least 4 members (excludes halogenated alkanes) is 2. The molecule has 1 atom stereocenters.